The highest BCUT2D eigenvalue weighted by molar-refractivity contribution is 9.10. The fourth-order valence-corrected chi connectivity index (χ4v) is 2.81. The van der Waals surface area contributed by atoms with Gasteiger partial charge in [-0.2, -0.15) is 5.26 Å². The Hall–Kier alpha value is -1.05. The minimum Gasteiger partial charge on any atom is -0.382 e. The third kappa shape index (κ3) is 3.04. The van der Waals surface area contributed by atoms with Gasteiger partial charge in [0.25, 0.3) is 0 Å². The molecular weight excluding hydrogens is 290 g/mol. The van der Waals surface area contributed by atoms with Crippen molar-refractivity contribution >= 4 is 21.6 Å². The minimum absolute atomic E-state index is 0.512. The summed E-state index contributed by atoms with van der Waals surface area (Å²) in [6, 6.07) is 8.55. The SMILES string of the molecule is CC(CNc1cccc(Br)c1C#N)N1CCCC1. The summed E-state index contributed by atoms with van der Waals surface area (Å²) in [6.45, 7) is 5.52. The summed E-state index contributed by atoms with van der Waals surface area (Å²) in [5, 5.41) is 12.5. The lowest BCUT2D eigenvalue weighted by Gasteiger charge is -2.24. The number of nitrogens with one attached hydrogen (secondary N) is 1. The largest absolute Gasteiger partial charge is 0.382 e. The van der Waals surface area contributed by atoms with Gasteiger partial charge in [-0.05, 0) is 60.9 Å². The molecule has 1 atom stereocenters. The van der Waals surface area contributed by atoms with Crippen molar-refractivity contribution in [3.63, 3.8) is 0 Å². The molecule has 0 spiro atoms. The second-order valence-electron chi connectivity index (χ2n) is 4.75. The summed E-state index contributed by atoms with van der Waals surface area (Å²) in [5.41, 5.74) is 1.60. The zero-order chi connectivity index (χ0) is 13.0. The highest BCUT2D eigenvalue weighted by Gasteiger charge is 2.18. The van der Waals surface area contributed by atoms with Crippen LogP contribution in [-0.2, 0) is 0 Å². The molecule has 0 radical (unpaired) electrons. The molecule has 0 bridgehead atoms. The normalized spacial score (nSPS) is 17.4. The van der Waals surface area contributed by atoms with Crippen LogP contribution in [-0.4, -0.2) is 30.6 Å². The molecule has 1 aromatic carbocycles. The van der Waals surface area contributed by atoms with Crippen molar-refractivity contribution in [1.29, 1.82) is 5.26 Å². The van der Waals surface area contributed by atoms with Gasteiger partial charge in [-0.15, -0.1) is 0 Å². The van der Waals surface area contributed by atoms with Crippen LogP contribution >= 0.6 is 15.9 Å². The van der Waals surface area contributed by atoms with Crippen LogP contribution < -0.4 is 5.32 Å². The maximum Gasteiger partial charge on any atom is 0.103 e. The summed E-state index contributed by atoms with van der Waals surface area (Å²) in [5.74, 6) is 0. The van der Waals surface area contributed by atoms with Gasteiger partial charge in [0.1, 0.15) is 6.07 Å². The van der Waals surface area contributed by atoms with E-state index in [1.165, 1.54) is 25.9 Å². The van der Waals surface area contributed by atoms with Gasteiger partial charge in [0.15, 0.2) is 0 Å². The molecule has 0 amide bonds. The molecule has 4 heteroatoms. The summed E-state index contributed by atoms with van der Waals surface area (Å²) in [6.07, 6.45) is 2.62. The molecule has 0 aromatic heterocycles. The van der Waals surface area contributed by atoms with Gasteiger partial charge < -0.3 is 5.32 Å². The van der Waals surface area contributed by atoms with Gasteiger partial charge in [0.2, 0.25) is 0 Å². The molecule has 18 heavy (non-hydrogen) atoms. The Bertz CT molecular complexity index is 447. The third-order valence-electron chi connectivity index (χ3n) is 3.48. The van der Waals surface area contributed by atoms with Crippen LogP contribution in [0.25, 0.3) is 0 Å². The zero-order valence-electron chi connectivity index (χ0n) is 10.6. The van der Waals surface area contributed by atoms with Gasteiger partial charge in [-0.25, -0.2) is 0 Å². The summed E-state index contributed by atoms with van der Waals surface area (Å²) >= 11 is 3.41. The lowest BCUT2D eigenvalue weighted by molar-refractivity contribution is 0.269. The molecule has 0 aliphatic carbocycles. The number of hydrogen-bond donors (Lipinski definition) is 1. The molecule has 1 N–H and O–H groups in total. The second-order valence-corrected chi connectivity index (χ2v) is 5.60. The summed E-state index contributed by atoms with van der Waals surface area (Å²) in [7, 11) is 0. The van der Waals surface area contributed by atoms with Crippen molar-refractivity contribution in [2.24, 2.45) is 0 Å². The maximum atomic E-state index is 9.15. The summed E-state index contributed by atoms with van der Waals surface area (Å²) in [4.78, 5) is 2.50. The van der Waals surface area contributed by atoms with Crippen LogP contribution in [0.4, 0.5) is 5.69 Å². The van der Waals surface area contributed by atoms with E-state index in [1.54, 1.807) is 0 Å². The topological polar surface area (TPSA) is 39.1 Å². The van der Waals surface area contributed by atoms with Crippen LogP contribution in [0.3, 0.4) is 0 Å². The summed E-state index contributed by atoms with van der Waals surface area (Å²) < 4.78 is 0.851. The smallest absolute Gasteiger partial charge is 0.103 e. The predicted molar refractivity (Wildman–Crippen MR) is 77.6 cm³/mol. The van der Waals surface area contributed by atoms with Gasteiger partial charge in [-0.1, -0.05) is 6.07 Å². The number of rotatable bonds is 4. The van der Waals surface area contributed by atoms with Crippen molar-refractivity contribution < 1.29 is 0 Å². The molecule has 96 valence electrons. The number of nitriles is 1. The Morgan fingerprint density at radius 3 is 2.83 bits per heavy atom. The Labute approximate surface area is 117 Å². The second kappa shape index (κ2) is 6.21. The van der Waals surface area contributed by atoms with E-state index in [4.69, 9.17) is 5.26 Å². The fourth-order valence-electron chi connectivity index (χ4n) is 2.35. The van der Waals surface area contributed by atoms with Crippen molar-refractivity contribution in [1.82, 2.24) is 4.90 Å². The van der Waals surface area contributed by atoms with Crippen LogP contribution in [0.15, 0.2) is 22.7 Å². The first-order chi connectivity index (χ1) is 8.72. The van der Waals surface area contributed by atoms with Gasteiger partial charge in [0, 0.05) is 17.1 Å². The maximum absolute atomic E-state index is 9.15. The molecule has 1 aliphatic rings. The van der Waals surface area contributed by atoms with Crippen LogP contribution in [0.1, 0.15) is 25.3 Å². The number of likely N-dealkylation sites (tertiary alicyclic amines) is 1. The van der Waals surface area contributed by atoms with Gasteiger partial charge in [-0.3, -0.25) is 4.90 Å². The number of benzene rings is 1. The lowest BCUT2D eigenvalue weighted by atomic mass is 10.2. The molecule has 3 nitrogen and oxygen atoms in total. The van der Waals surface area contributed by atoms with Gasteiger partial charge >= 0.3 is 0 Å². The Morgan fingerprint density at radius 1 is 1.44 bits per heavy atom. The van der Waals surface area contributed by atoms with E-state index in [0.717, 1.165) is 16.7 Å². The predicted octanol–water partition coefficient (Wildman–Crippen LogP) is 3.22. The fraction of sp³-hybridized carbons (Fsp3) is 0.500. The monoisotopic (exact) mass is 307 g/mol. The zero-order valence-corrected chi connectivity index (χ0v) is 12.2. The van der Waals surface area contributed by atoms with Crippen LogP contribution in [0.5, 0.6) is 0 Å². The molecule has 1 heterocycles. The highest BCUT2D eigenvalue weighted by atomic mass is 79.9. The van der Waals surface area contributed by atoms with E-state index in [2.05, 4.69) is 39.1 Å². The van der Waals surface area contributed by atoms with E-state index in [-0.39, 0.29) is 0 Å². The lowest BCUT2D eigenvalue weighted by Crippen LogP contribution is -2.35. The van der Waals surface area contributed by atoms with E-state index >= 15 is 0 Å². The van der Waals surface area contributed by atoms with E-state index in [0.29, 0.717) is 11.6 Å². The van der Waals surface area contributed by atoms with Crippen molar-refractivity contribution in [3.8, 4) is 6.07 Å². The molecule has 1 saturated heterocycles. The molecule has 2 rings (SSSR count). The minimum atomic E-state index is 0.512. The number of halogens is 1. The standard InChI is InChI=1S/C14H18BrN3/c1-11(18-7-2-3-8-18)10-17-14-6-4-5-13(15)12(14)9-16/h4-6,11,17H,2-3,7-8,10H2,1H3. The van der Waals surface area contributed by atoms with Crippen LogP contribution in [0, 0.1) is 11.3 Å². The first-order valence-corrected chi connectivity index (χ1v) is 7.18. The van der Waals surface area contributed by atoms with Crippen LogP contribution in [0.2, 0.25) is 0 Å². The average molecular weight is 308 g/mol. The molecule has 1 unspecified atom stereocenters. The van der Waals surface area contributed by atoms with E-state index in [1.807, 2.05) is 18.2 Å². The van der Waals surface area contributed by atoms with Crippen molar-refractivity contribution in [3.05, 3.63) is 28.2 Å². The van der Waals surface area contributed by atoms with E-state index in [9.17, 15) is 0 Å². The average Bonchev–Trinajstić information content (AvgIpc) is 2.90. The van der Waals surface area contributed by atoms with E-state index < -0.39 is 0 Å². The Balaban J connectivity index is 1.98. The van der Waals surface area contributed by atoms with Crippen molar-refractivity contribution in [2.75, 3.05) is 25.0 Å². The first kappa shape index (κ1) is 13.4. The first-order valence-electron chi connectivity index (χ1n) is 6.39. The molecule has 0 saturated carbocycles. The number of hydrogen-bond acceptors (Lipinski definition) is 3. The molecule has 1 aliphatic heterocycles. The number of nitrogens with zero attached hydrogens (tertiary/aromatic N) is 2. The molecular formula is C14H18BrN3. The molecule has 1 aromatic rings. The van der Waals surface area contributed by atoms with Gasteiger partial charge in [0.05, 0.1) is 11.3 Å². The quantitative estimate of drug-likeness (QED) is 0.928. The highest BCUT2D eigenvalue weighted by Crippen LogP contribution is 2.24. The Kier molecular flexibility index (Phi) is 4.62. The number of anilines is 1. The van der Waals surface area contributed by atoms with Crippen molar-refractivity contribution in [2.45, 2.75) is 25.8 Å². The molecule has 1 fully saturated rings. The third-order valence-corrected chi connectivity index (χ3v) is 4.14. The Morgan fingerprint density at radius 2 is 2.17 bits per heavy atom.